The van der Waals surface area contributed by atoms with Crippen molar-refractivity contribution in [3.63, 3.8) is 0 Å². The Bertz CT molecular complexity index is 739. The third-order valence-electron chi connectivity index (χ3n) is 4.52. The molecule has 0 saturated carbocycles. The summed E-state index contributed by atoms with van der Waals surface area (Å²) in [5.74, 6) is 1.68. The Morgan fingerprint density at radius 1 is 1.37 bits per heavy atom. The van der Waals surface area contributed by atoms with E-state index in [0.29, 0.717) is 24.8 Å². The highest BCUT2D eigenvalue weighted by atomic mass is 19.1. The summed E-state index contributed by atoms with van der Waals surface area (Å²) >= 11 is 0. The normalized spacial score (nSPS) is 17.3. The molecule has 0 spiro atoms. The molecule has 27 heavy (non-hydrogen) atoms. The van der Waals surface area contributed by atoms with E-state index in [-0.39, 0.29) is 5.82 Å². The summed E-state index contributed by atoms with van der Waals surface area (Å²) in [4.78, 5) is 11.3. The molecule has 1 aromatic heterocycles. The Morgan fingerprint density at radius 3 is 2.89 bits per heavy atom. The number of hydrogen-bond acceptors (Lipinski definition) is 4. The van der Waals surface area contributed by atoms with Gasteiger partial charge in [-0.3, -0.25) is 4.99 Å². The molecule has 3 rings (SSSR count). The first-order valence-electron chi connectivity index (χ1n) is 9.43. The first kappa shape index (κ1) is 19.4. The molecule has 1 atom stereocenters. The van der Waals surface area contributed by atoms with Crippen LogP contribution in [0.2, 0.25) is 0 Å². The van der Waals surface area contributed by atoms with Crippen molar-refractivity contribution in [2.24, 2.45) is 10.9 Å². The van der Waals surface area contributed by atoms with Gasteiger partial charge in [0, 0.05) is 51.2 Å². The van der Waals surface area contributed by atoms with Gasteiger partial charge in [-0.15, -0.1) is 0 Å². The standard InChI is InChI=1S/C20H27FN4O2/c1-3-22-20(25(2)12-15-9-11-26-13-15)23-10-8-18-14-27-19(24-18)16-4-6-17(21)7-5-16/h4-7,14-15H,3,8-13H2,1-2H3,(H,22,23). The van der Waals surface area contributed by atoms with E-state index < -0.39 is 0 Å². The second-order valence-electron chi connectivity index (χ2n) is 6.75. The lowest BCUT2D eigenvalue weighted by molar-refractivity contribution is 0.181. The van der Waals surface area contributed by atoms with Gasteiger partial charge >= 0.3 is 0 Å². The minimum absolute atomic E-state index is 0.274. The van der Waals surface area contributed by atoms with Crippen molar-refractivity contribution in [2.45, 2.75) is 19.8 Å². The molecule has 0 amide bonds. The molecule has 1 saturated heterocycles. The quantitative estimate of drug-likeness (QED) is 0.596. The number of aromatic nitrogens is 1. The summed E-state index contributed by atoms with van der Waals surface area (Å²) in [6, 6.07) is 6.12. The minimum atomic E-state index is -0.274. The number of rotatable bonds is 7. The van der Waals surface area contributed by atoms with Crippen molar-refractivity contribution < 1.29 is 13.5 Å². The second kappa shape index (κ2) is 9.50. The lowest BCUT2D eigenvalue weighted by Crippen LogP contribution is -2.41. The molecule has 1 aliphatic rings. The molecule has 1 fully saturated rings. The molecule has 0 radical (unpaired) electrons. The van der Waals surface area contributed by atoms with Gasteiger partial charge in [-0.25, -0.2) is 9.37 Å². The van der Waals surface area contributed by atoms with Gasteiger partial charge in [0.25, 0.3) is 0 Å². The molecular formula is C20H27FN4O2. The highest BCUT2D eigenvalue weighted by Gasteiger charge is 2.19. The highest BCUT2D eigenvalue weighted by molar-refractivity contribution is 5.79. The van der Waals surface area contributed by atoms with Crippen LogP contribution < -0.4 is 5.32 Å². The van der Waals surface area contributed by atoms with Crippen LogP contribution in [0, 0.1) is 11.7 Å². The van der Waals surface area contributed by atoms with Crippen LogP contribution in [0.15, 0.2) is 39.9 Å². The summed E-state index contributed by atoms with van der Waals surface area (Å²) < 4.78 is 24.0. The third kappa shape index (κ3) is 5.53. The van der Waals surface area contributed by atoms with E-state index in [1.807, 2.05) is 0 Å². The fourth-order valence-corrected chi connectivity index (χ4v) is 3.09. The zero-order valence-corrected chi connectivity index (χ0v) is 15.9. The Labute approximate surface area is 159 Å². The van der Waals surface area contributed by atoms with E-state index in [0.717, 1.165) is 49.9 Å². The molecule has 6 nitrogen and oxygen atoms in total. The van der Waals surface area contributed by atoms with Crippen LogP contribution in [-0.2, 0) is 11.2 Å². The van der Waals surface area contributed by atoms with Crippen LogP contribution in [0.4, 0.5) is 4.39 Å². The summed E-state index contributed by atoms with van der Waals surface area (Å²) in [5, 5.41) is 3.33. The SMILES string of the molecule is CCNC(=NCCc1coc(-c2ccc(F)cc2)n1)N(C)CC1CCOC1. The van der Waals surface area contributed by atoms with Crippen molar-refractivity contribution in [3.05, 3.63) is 42.0 Å². The van der Waals surface area contributed by atoms with Gasteiger partial charge in [0.15, 0.2) is 5.96 Å². The van der Waals surface area contributed by atoms with Gasteiger partial charge in [-0.1, -0.05) is 0 Å². The van der Waals surface area contributed by atoms with E-state index in [1.165, 1.54) is 12.1 Å². The number of ether oxygens (including phenoxy) is 1. The van der Waals surface area contributed by atoms with Crippen molar-refractivity contribution in [2.75, 3.05) is 39.9 Å². The summed E-state index contributed by atoms with van der Waals surface area (Å²) in [7, 11) is 2.06. The van der Waals surface area contributed by atoms with E-state index in [2.05, 4.69) is 29.2 Å². The predicted octanol–water partition coefficient (Wildman–Crippen LogP) is 2.96. The molecule has 1 aromatic carbocycles. The monoisotopic (exact) mass is 374 g/mol. The molecule has 146 valence electrons. The van der Waals surface area contributed by atoms with Gasteiger partial charge in [0.1, 0.15) is 12.1 Å². The van der Waals surface area contributed by atoms with Crippen LogP contribution in [0.3, 0.4) is 0 Å². The number of benzene rings is 1. The molecule has 1 unspecified atom stereocenters. The average molecular weight is 374 g/mol. The maximum absolute atomic E-state index is 13.0. The largest absolute Gasteiger partial charge is 0.444 e. The summed E-state index contributed by atoms with van der Waals surface area (Å²) in [6.07, 6.45) is 3.43. The molecule has 0 aliphatic carbocycles. The lowest BCUT2D eigenvalue weighted by atomic mass is 10.1. The van der Waals surface area contributed by atoms with Gasteiger partial charge in [-0.2, -0.15) is 0 Å². The smallest absolute Gasteiger partial charge is 0.226 e. The van der Waals surface area contributed by atoms with E-state index >= 15 is 0 Å². The zero-order valence-electron chi connectivity index (χ0n) is 15.9. The molecule has 1 aliphatic heterocycles. The van der Waals surface area contributed by atoms with Crippen LogP contribution in [0.25, 0.3) is 11.5 Å². The molecule has 2 aromatic rings. The molecular weight excluding hydrogens is 347 g/mol. The number of oxazole rings is 1. The van der Waals surface area contributed by atoms with Gasteiger partial charge in [0.05, 0.1) is 12.3 Å². The fraction of sp³-hybridized carbons (Fsp3) is 0.500. The van der Waals surface area contributed by atoms with Crippen LogP contribution in [0.5, 0.6) is 0 Å². The van der Waals surface area contributed by atoms with Crippen LogP contribution in [-0.4, -0.2) is 55.7 Å². The number of guanidine groups is 1. The highest BCUT2D eigenvalue weighted by Crippen LogP contribution is 2.19. The van der Waals surface area contributed by atoms with Crippen LogP contribution in [0.1, 0.15) is 19.0 Å². The topological polar surface area (TPSA) is 62.9 Å². The Kier molecular flexibility index (Phi) is 6.81. The van der Waals surface area contributed by atoms with Crippen molar-refractivity contribution in [3.8, 4) is 11.5 Å². The average Bonchev–Trinajstić information content (AvgIpc) is 3.34. The number of aliphatic imine (C=N–C) groups is 1. The Hall–Kier alpha value is -2.41. The van der Waals surface area contributed by atoms with E-state index in [4.69, 9.17) is 14.1 Å². The van der Waals surface area contributed by atoms with Gasteiger partial charge in [0.2, 0.25) is 5.89 Å². The molecule has 0 bridgehead atoms. The summed E-state index contributed by atoms with van der Waals surface area (Å²) in [5.41, 5.74) is 1.60. The summed E-state index contributed by atoms with van der Waals surface area (Å²) in [6.45, 7) is 6.12. The maximum Gasteiger partial charge on any atom is 0.226 e. The molecule has 2 heterocycles. The zero-order chi connectivity index (χ0) is 19.1. The first-order valence-corrected chi connectivity index (χ1v) is 9.43. The first-order chi connectivity index (χ1) is 13.2. The second-order valence-corrected chi connectivity index (χ2v) is 6.75. The van der Waals surface area contributed by atoms with Crippen LogP contribution >= 0.6 is 0 Å². The fourth-order valence-electron chi connectivity index (χ4n) is 3.09. The Balaban J connectivity index is 1.56. The number of hydrogen-bond donors (Lipinski definition) is 1. The lowest BCUT2D eigenvalue weighted by Gasteiger charge is -2.24. The number of halogens is 1. The molecule has 7 heteroatoms. The van der Waals surface area contributed by atoms with Gasteiger partial charge < -0.3 is 19.4 Å². The van der Waals surface area contributed by atoms with Crippen molar-refractivity contribution in [1.29, 1.82) is 0 Å². The number of nitrogens with one attached hydrogen (secondary N) is 1. The van der Waals surface area contributed by atoms with Crippen molar-refractivity contribution in [1.82, 2.24) is 15.2 Å². The third-order valence-corrected chi connectivity index (χ3v) is 4.52. The predicted molar refractivity (Wildman–Crippen MR) is 103 cm³/mol. The minimum Gasteiger partial charge on any atom is -0.444 e. The number of nitrogens with zero attached hydrogens (tertiary/aromatic N) is 3. The van der Waals surface area contributed by atoms with Gasteiger partial charge in [-0.05, 0) is 37.6 Å². The van der Waals surface area contributed by atoms with E-state index in [1.54, 1.807) is 18.4 Å². The van der Waals surface area contributed by atoms with Crippen molar-refractivity contribution >= 4 is 5.96 Å². The Morgan fingerprint density at radius 2 is 2.19 bits per heavy atom. The maximum atomic E-state index is 13.0. The molecule has 1 N–H and O–H groups in total. The van der Waals surface area contributed by atoms with E-state index in [9.17, 15) is 4.39 Å².